The van der Waals surface area contributed by atoms with E-state index in [1.54, 1.807) is 43.3 Å². The van der Waals surface area contributed by atoms with Gasteiger partial charge in [-0.15, -0.1) is 0 Å². The Bertz CT molecular complexity index is 1250. The molecule has 0 fully saturated rings. The summed E-state index contributed by atoms with van der Waals surface area (Å²) in [6.07, 6.45) is 1.37. The number of hydrazone groups is 1. The van der Waals surface area contributed by atoms with Gasteiger partial charge in [0.15, 0.2) is 11.5 Å². The van der Waals surface area contributed by atoms with E-state index in [1.807, 2.05) is 0 Å². The van der Waals surface area contributed by atoms with Gasteiger partial charge in [0.05, 0.1) is 23.4 Å². The van der Waals surface area contributed by atoms with E-state index in [1.165, 1.54) is 36.5 Å². The molecule has 0 atom stereocenters. The number of nitrogens with zero attached hydrogens (tertiary/aromatic N) is 1. The molecule has 1 amide bonds. The van der Waals surface area contributed by atoms with Crippen LogP contribution < -0.4 is 14.3 Å². The lowest BCUT2D eigenvalue weighted by Crippen LogP contribution is -2.18. The van der Waals surface area contributed by atoms with Crippen LogP contribution in [-0.2, 0) is 10.1 Å². The fourth-order valence-electron chi connectivity index (χ4n) is 2.59. The van der Waals surface area contributed by atoms with Gasteiger partial charge in [-0.2, -0.15) is 13.5 Å². The van der Waals surface area contributed by atoms with Gasteiger partial charge in [0.25, 0.3) is 5.91 Å². The summed E-state index contributed by atoms with van der Waals surface area (Å²) in [6.45, 7) is 2.04. The van der Waals surface area contributed by atoms with Gasteiger partial charge in [-0.05, 0) is 61.0 Å². The van der Waals surface area contributed by atoms with E-state index in [2.05, 4.69) is 10.5 Å². The van der Waals surface area contributed by atoms with Crippen LogP contribution in [0.25, 0.3) is 0 Å². The summed E-state index contributed by atoms with van der Waals surface area (Å²) in [7, 11) is -4.03. The number of ether oxygens (including phenoxy) is 1. The smallest absolute Gasteiger partial charge is 0.339 e. The molecule has 3 rings (SSSR count). The van der Waals surface area contributed by atoms with Crippen molar-refractivity contribution >= 4 is 45.4 Å². The minimum absolute atomic E-state index is 0.0247. The average Bonchev–Trinajstić information content (AvgIpc) is 2.76. The van der Waals surface area contributed by atoms with E-state index in [-0.39, 0.29) is 33.6 Å². The maximum Gasteiger partial charge on any atom is 0.339 e. The highest BCUT2D eigenvalue weighted by Gasteiger charge is 2.19. The zero-order chi connectivity index (χ0) is 23.1. The molecule has 0 radical (unpaired) electrons. The summed E-state index contributed by atoms with van der Waals surface area (Å²) in [5, 5.41) is 4.51. The quantitative estimate of drug-likeness (QED) is 0.273. The third-order valence-electron chi connectivity index (χ3n) is 4.05. The Morgan fingerprint density at radius 2 is 1.78 bits per heavy atom. The van der Waals surface area contributed by atoms with Crippen LogP contribution in [0.5, 0.6) is 11.5 Å². The first-order chi connectivity index (χ1) is 15.3. The fraction of sp³-hybridized carbons (Fsp3) is 0.0909. The van der Waals surface area contributed by atoms with Crippen molar-refractivity contribution in [3.63, 3.8) is 0 Å². The number of halogens is 2. The van der Waals surface area contributed by atoms with Crippen LogP contribution in [0.2, 0.25) is 10.0 Å². The lowest BCUT2D eigenvalue weighted by molar-refractivity contribution is 0.0955. The fourth-order valence-corrected chi connectivity index (χ4v) is 4.05. The Morgan fingerprint density at radius 3 is 2.47 bits per heavy atom. The molecule has 0 aliphatic heterocycles. The highest BCUT2D eigenvalue weighted by molar-refractivity contribution is 7.87. The van der Waals surface area contributed by atoms with Gasteiger partial charge in [0.1, 0.15) is 4.90 Å². The van der Waals surface area contributed by atoms with Gasteiger partial charge in [0.2, 0.25) is 0 Å². The first-order valence-corrected chi connectivity index (χ1v) is 11.5. The number of rotatable bonds is 8. The summed E-state index contributed by atoms with van der Waals surface area (Å²) in [4.78, 5) is 12.2. The first kappa shape index (κ1) is 23.6. The van der Waals surface area contributed by atoms with Gasteiger partial charge < -0.3 is 8.92 Å². The van der Waals surface area contributed by atoms with Crippen molar-refractivity contribution in [3.8, 4) is 11.5 Å². The predicted octanol–water partition coefficient (Wildman–Crippen LogP) is 4.92. The Hall–Kier alpha value is -3.07. The Balaban J connectivity index is 1.76. The third kappa shape index (κ3) is 6.00. The molecule has 3 aromatic carbocycles. The lowest BCUT2D eigenvalue weighted by Gasteiger charge is -2.12. The maximum absolute atomic E-state index is 12.5. The van der Waals surface area contributed by atoms with Crippen LogP contribution in [0.1, 0.15) is 22.8 Å². The zero-order valence-corrected chi connectivity index (χ0v) is 19.1. The van der Waals surface area contributed by atoms with Gasteiger partial charge in [-0.1, -0.05) is 41.4 Å². The van der Waals surface area contributed by atoms with E-state index in [0.717, 1.165) is 0 Å². The van der Waals surface area contributed by atoms with Crippen molar-refractivity contribution in [3.05, 3.63) is 87.9 Å². The molecule has 0 unspecified atom stereocenters. The molecule has 0 bridgehead atoms. The molecular formula is C22H18Cl2N2O5S. The number of hydrogen-bond acceptors (Lipinski definition) is 6. The maximum atomic E-state index is 12.5. The summed E-state index contributed by atoms with van der Waals surface area (Å²) in [5.41, 5.74) is 3.13. The molecule has 0 aliphatic rings. The van der Waals surface area contributed by atoms with E-state index >= 15 is 0 Å². The summed E-state index contributed by atoms with van der Waals surface area (Å²) in [5.74, 6) is -0.269. The molecule has 10 heteroatoms. The molecule has 0 saturated heterocycles. The molecule has 0 spiro atoms. The van der Waals surface area contributed by atoms with Crippen LogP contribution >= 0.6 is 23.2 Å². The standard InChI is InChI=1S/C22H18Cl2N2O5S/c1-2-30-21-12-15(14-25-26-22(27)18-10-9-16(23)13-19(18)24)8-11-20(21)31-32(28,29)17-6-4-3-5-7-17/h3-14H,2H2,1H3,(H,26,27)/b25-14-. The van der Waals surface area contributed by atoms with Crippen LogP contribution in [0.15, 0.2) is 76.7 Å². The molecule has 0 heterocycles. The van der Waals surface area contributed by atoms with E-state index in [4.69, 9.17) is 32.1 Å². The second-order valence-electron chi connectivity index (χ2n) is 6.31. The molecule has 166 valence electrons. The first-order valence-electron chi connectivity index (χ1n) is 9.35. The molecule has 7 nitrogen and oxygen atoms in total. The molecule has 0 saturated carbocycles. The van der Waals surface area contributed by atoms with Gasteiger partial charge in [-0.3, -0.25) is 4.79 Å². The van der Waals surface area contributed by atoms with Crippen molar-refractivity contribution in [1.82, 2.24) is 5.43 Å². The van der Waals surface area contributed by atoms with Crippen molar-refractivity contribution in [1.29, 1.82) is 0 Å². The van der Waals surface area contributed by atoms with Crippen LogP contribution in [0.3, 0.4) is 0 Å². The second kappa shape index (κ2) is 10.5. The molecule has 1 N–H and O–H groups in total. The normalized spacial score (nSPS) is 11.3. The second-order valence-corrected chi connectivity index (χ2v) is 8.70. The molecule has 3 aromatic rings. The number of carbonyl (C=O) groups excluding carboxylic acids is 1. The SMILES string of the molecule is CCOc1cc(/C=N\NC(=O)c2ccc(Cl)cc2Cl)ccc1OS(=O)(=O)c1ccccc1. The Labute approximate surface area is 195 Å². The van der Waals surface area contributed by atoms with Crippen LogP contribution in [0, 0.1) is 0 Å². The highest BCUT2D eigenvalue weighted by atomic mass is 35.5. The van der Waals surface area contributed by atoms with E-state index in [9.17, 15) is 13.2 Å². The monoisotopic (exact) mass is 492 g/mol. The molecule has 0 aliphatic carbocycles. The van der Waals surface area contributed by atoms with Gasteiger partial charge in [0, 0.05) is 5.02 Å². The predicted molar refractivity (Wildman–Crippen MR) is 123 cm³/mol. The van der Waals surface area contributed by atoms with Gasteiger partial charge >= 0.3 is 10.1 Å². The topological polar surface area (TPSA) is 94.1 Å². The van der Waals surface area contributed by atoms with E-state index in [0.29, 0.717) is 10.6 Å². The van der Waals surface area contributed by atoms with Crippen LogP contribution in [-0.4, -0.2) is 27.1 Å². The zero-order valence-electron chi connectivity index (χ0n) is 16.8. The average molecular weight is 493 g/mol. The largest absolute Gasteiger partial charge is 0.490 e. The summed E-state index contributed by atoms with van der Waals surface area (Å²) < 4.78 is 35.8. The third-order valence-corrected chi connectivity index (χ3v) is 5.85. The van der Waals surface area contributed by atoms with Crippen molar-refractivity contribution in [2.45, 2.75) is 11.8 Å². The van der Waals surface area contributed by atoms with Crippen LogP contribution in [0.4, 0.5) is 0 Å². The van der Waals surface area contributed by atoms with Crippen molar-refractivity contribution in [2.75, 3.05) is 6.61 Å². The van der Waals surface area contributed by atoms with Crippen molar-refractivity contribution in [2.24, 2.45) is 5.10 Å². The molecule has 32 heavy (non-hydrogen) atoms. The number of hydrogen-bond donors (Lipinski definition) is 1. The minimum atomic E-state index is -4.03. The van der Waals surface area contributed by atoms with Gasteiger partial charge in [-0.25, -0.2) is 5.43 Å². The van der Waals surface area contributed by atoms with E-state index < -0.39 is 16.0 Å². The Kier molecular flexibility index (Phi) is 7.74. The molecule has 0 aromatic heterocycles. The molecular weight excluding hydrogens is 475 g/mol. The summed E-state index contributed by atoms with van der Waals surface area (Å²) in [6, 6.07) is 16.8. The minimum Gasteiger partial charge on any atom is -0.490 e. The number of amides is 1. The Morgan fingerprint density at radius 1 is 1.03 bits per heavy atom. The number of benzene rings is 3. The summed E-state index contributed by atoms with van der Waals surface area (Å²) >= 11 is 11.8. The van der Waals surface area contributed by atoms with Crippen molar-refractivity contribution < 1.29 is 22.1 Å². The lowest BCUT2D eigenvalue weighted by atomic mass is 10.2. The number of carbonyl (C=O) groups is 1. The highest BCUT2D eigenvalue weighted by Crippen LogP contribution is 2.31. The number of nitrogens with one attached hydrogen (secondary N) is 1.